The van der Waals surface area contributed by atoms with Crippen LogP contribution in [0, 0.1) is 0 Å². The molecule has 0 unspecified atom stereocenters. The summed E-state index contributed by atoms with van der Waals surface area (Å²) in [6.07, 6.45) is 9.43. The van der Waals surface area contributed by atoms with Crippen LogP contribution in [0.2, 0.25) is 0 Å². The van der Waals surface area contributed by atoms with E-state index < -0.39 is 0 Å². The molecular formula is C17H22N2O. The van der Waals surface area contributed by atoms with Crippen molar-refractivity contribution < 1.29 is 4.79 Å². The fourth-order valence-corrected chi connectivity index (χ4v) is 3.00. The van der Waals surface area contributed by atoms with Crippen LogP contribution in [0.25, 0.3) is 0 Å². The van der Waals surface area contributed by atoms with E-state index in [1.54, 1.807) is 0 Å². The maximum Gasteiger partial charge on any atom is 0.251 e. The first-order valence-corrected chi connectivity index (χ1v) is 7.66. The number of hydrogen-bond acceptors (Lipinski definition) is 2. The van der Waals surface area contributed by atoms with Gasteiger partial charge < -0.3 is 10.6 Å². The highest BCUT2D eigenvalue weighted by Gasteiger charge is 2.13. The molecule has 0 saturated heterocycles. The minimum absolute atomic E-state index is 0.0397. The van der Waals surface area contributed by atoms with E-state index in [0.29, 0.717) is 0 Å². The summed E-state index contributed by atoms with van der Waals surface area (Å²) in [7, 11) is 0. The van der Waals surface area contributed by atoms with Crippen molar-refractivity contribution in [2.24, 2.45) is 0 Å². The molecule has 1 heterocycles. The third-order valence-electron chi connectivity index (χ3n) is 4.20. The highest BCUT2D eigenvalue weighted by atomic mass is 16.1. The molecule has 3 heteroatoms. The molecule has 0 radical (unpaired) electrons. The molecule has 1 aromatic carbocycles. The normalized spacial score (nSPS) is 17.1. The molecule has 3 rings (SSSR count). The number of amides is 1. The predicted octanol–water partition coefficient (Wildman–Crippen LogP) is 3.27. The van der Waals surface area contributed by atoms with Gasteiger partial charge in [0, 0.05) is 24.3 Å². The average Bonchev–Trinajstić information content (AvgIpc) is 2.95. The van der Waals surface area contributed by atoms with Gasteiger partial charge in [0.25, 0.3) is 5.91 Å². The smallest absolute Gasteiger partial charge is 0.251 e. The lowest BCUT2D eigenvalue weighted by Crippen LogP contribution is -2.24. The first-order chi connectivity index (χ1) is 9.83. The third-order valence-corrected chi connectivity index (χ3v) is 4.20. The third kappa shape index (κ3) is 3.03. The van der Waals surface area contributed by atoms with E-state index in [0.717, 1.165) is 37.2 Å². The van der Waals surface area contributed by atoms with E-state index in [1.807, 2.05) is 12.1 Å². The van der Waals surface area contributed by atoms with Gasteiger partial charge in [-0.3, -0.25) is 4.79 Å². The van der Waals surface area contributed by atoms with Gasteiger partial charge in [-0.25, -0.2) is 0 Å². The van der Waals surface area contributed by atoms with Gasteiger partial charge in [0.15, 0.2) is 0 Å². The van der Waals surface area contributed by atoms with E-state index >= 15 is 0 Å². The number of allylic oxidation sites excluding steroid dienone is 1. The van der Waals surface area contributed by atoms with Crippen LogP contribution in [-0.4, -0.2) is 19.0 Å². The van der Waals surface area contributed by atoms with Crippen LogP contribution in [0.1, 0.15) is 48.0 Å². The molecule has 0 spiro atoms. The summed E-state index contributed by atoms with van der Waals surface area (Å²) in [4.78, 5) is 12.1. The lowest BCUT2D eigenvalue weighted by atomic mass is 9.97. The fourth-order valence-electron chi connectivity index (χ4n) is 3.00. The van der Waals surface area contributed by atoms with Crippen LogP contribution in [0.3, 0.4) is 0 Å². The summed E-state index contributed by atoms with van der Waals surface area (Å²) in [6, 6.07) is 5.96. The van der Waals surface area contributed by atoms with Crippen LogP contribution in [-0.2, 0) is 6.42 Å². The summed E-state index contributed by atoms with van der Waals surface area (Å²) in [5, 5.41) is 6.34. The Balaban J connectivity index is 1.52. The zero-order valence-electron chi connectivity index (χ0n) is 11.9. The number of carbonyl (C=O) groups is 1. The first kappa shape index (κ1) is 13.2. The number of fused-ring (bicyclic) bond motifs is 1. The van der Waals surface area contributed by atoms with Crippen LogP contribution in [0.15, 0.2) is 29.8 Å². The Morgan fingerprint density at radius 1 is 1.25 bits per heavy atom. The highest BCUT2D eigenvalue weighted by molar-refractivity contribution is 5.95. The van der Waals surface area contributed by atoms with Gasteiger partial charge in [-0.15, -0.1) is 0 Å². The van der Waals surface area contributed by atoms with E-state index in [2.05, 4.69) is 22.8 Å². The SMILES string of the molecule is O=C(NCCC1=CCCCC1)c1ccc2c(c1)NCC2. The Labute approximate surface area is 120 Å². The fraction of sp³-hybridized carbons (Fsp3) is 0.471. The minimum atomic E-state index is 0.0397. The molecule has 1 aliphatic heterocycles. The van der Waals surface area contributed by atoms with Crippen LogP contribution < -0.4 is 10.6 Å². The molecule has 106 valence electrons. The molecule has 3 nitrogen and oxygen atoms in total. The monoisotopic (exact) mass is 270 g/mol. The molecule has 1 aliphatic carbocycles. The Bertz CT molecular complexity index is 534. The number of nitrogens with one attached hydrogen (secondary N) is 2. The van der Waals surface area contributed by atoms with E-state index in [4.69, 9.17) is 0 Å². The van der Waals surface area contributed by atoms with Gasteiger partial charge >= 0.3 is 0 Å². The second kappa shape index (κ2) is 6.12. The molecule has 0 aromatic heterocycles. The summed E-state index contributed by atoms with van der Waals surface area (Å²) < 4.78 is 0. The van der Waals surface area contributed by atoms with Gasteiger partial charge in [-0.05, 0) is 56.2 Å². The van der Waals surface area contributed by atoms with Gasteiger partial charge in [-0.1, -0.05) is 17.7 Å². The van der Waals surface area contributed by atoms with Crippen LogP contribution in [0.4, 0.5) is 5.69 Å². The van der Waals surface area contributed by atoms with Crippen LogP contribution >= 0.6 is 0 Å². The van der Waals surface area contributed by atoms with Crippen molar-refractivity contribution in [1.82, 2.24) is 5.32 Å². The molecule has 20 heavy (non-hydrogen) atoms. The maximum atomic E-state index is 12.1. The molecular weight excluding hydrogens is 248 g/mol. The zero-order valence-corrected chi connectivity index (χ0v) is 11.9. The quantitative estimate of drug-likeness (QED) is 0.824. The van der Waals surface area contributed by atoms with Crippen molar-refractivity contribution >= 4 is 11.6 Å². The van der Waals surface area contributed by atoms with Gasteiger partial charge in [0.1, 0.15) is 0 Å². The molecule has 1 amide bonds. The number of rotatable bonds is 4. The van der Waals surface area contributed by atoms with E-state index in [1.165, 1.54) is 36.8 Å². The molecule has 0 bridgehead atoms. The Morgan fingerprint density at radius 3 is 3.05 bits per heavy atom. The molecule has 0 saturated carbocycles. The summed E-state index contributed by atoms with van der Waals surface area (Å²) in [6.45, 7) is 1.73. The first-order valence-electron chi connectivity index (χ1n) is 7.66. The van der Waals surface area contributed by atoms with E-state index in [9.17, 15) is 4.79 Å². The number of anilines is 1. The topological polar surface area (TPSA) is 41.1 Å². The molecule has 2 N–H and O–H groups in total. The number of benzene rings is 1. The van der Waals surface area contributed by atoms with Crippen molar-refractivity contribution in [3.8, 4) is 0 Å². The van der Waals surface area contributed by atoms with Gasteiger partial charge in [0.2, 0.25) is 0 Å². The highest BCUT2D eigenvalue weighted by Crippen LogP contribution is 2.23. The Kier molecular flexibility index (Phi) is 4.05. The van der Waals surface area contributed by atoms with Crippen molar-refractivity contribution in [3.63, 3.8) is 0 Å². The molecule has 2 aliphatic rings. The van der Waals surface area contributed by atoms with Gasteiger partial charge in [-0.2, -0.15) is 0 Å². The number of hydrogen-bond donors (Lipinski definition) is 2. The summed E-state index contributed by atoms with van der Waals surface area (Å²) in [5.41, 5.74) is 4.70. The zero-order chi connectivity index (χ0) is 13.8. The average molecular weight is 270 g/mol. The standard InChI is InChI=1S/C17H22N2O/c20-17(19-10-8-13-4-2-1-3-5-13)15-7-6-14-9-11-18-16(14)12-15/h4,6-7,12,18H,1-3,5,8-11H2,(H,19,20). The van der Waals surface area contributed by atoms with Crippen molar-refractivity contribution in [1.29, 1.82) is 0 Å². The predicted molar refractivity (Wildman–Crippen MR) is 82.1 cm³/mol. The lowest BCUT2D eigenvalue weighted by molar-refractivity contribution is 0.0954. The second-order valence-corrected chi connectivity index (χ2v) is 5.66. The molecule has 1 aromatic rings. The number of carbonyl (C=O) groups excluding carboxylic acids is 1. The van der Waals surface area contributed by atoms with Crippen LogP contribution in [0.5, 0.6) is 0 Å². The summed E-state index contributed by atoms with van der Waals surface area (Å²) >= 11 is 0. The van der Waals surface area contributed by atoms with Crippen molar-refractivity contribution in [3.05, 3.63) is 41.0 Å². The van der Waals surface area contributed by atoms with Crippen molar-refractivity contribution in [2.45, 2.75) is 38.5 Å². The Hall–Kier alpha value is -1.77. The maximum absolute atomic E-state index is 12.1. The second-order valence-electron chi connectivity index (χ2n) is 5.66. The largest absolute Gasteiger partial charge is 0.384 e. The molecule has 0 fully saturated rings. The summed E-state index contributed by atoms with van der Waals surface area (Å²) in [5.74, 6) is 0.0397. The minimum Gasteiger partial charge on any atom is -0.384 e. The van der Waals surface area contributed by atoms with Gasteiger partial charge in [0.05, 0.1) is 0 Å². The molecule has 0 atom stereocenters. The van der Waals surface area contributed by atoms with Crippen molar-refractivity contribution in [2.75, 3.05) is 18.4 Å². The van der Waals surface area contributed by atoms with E-state index in [-0.39, 0.29) is 5.91 Å². The lowest BCUT2D eigenvalue weighted by Gasteiger charge is -2.13. The Morgan fingerprint density at radius 2 is 2.20 bits per heavy atom.